The Morgan fingerprint density at radius 1 is 1.18 bits per heavy atom. The van der Waals surface area contributed by atoms with Gasteiger partial charge < -0.3 is 10.6 Å². The molecular formula is C8H17ClN2. The van der Waals surface area contributed by atoms with Gasteiger partial charge in [0.25, 0.3) is 0 Å². The molecule has 2 heterocycles. The van der Waals surface area contributed by atoms with Crippen LogP contribution in [0.15, 0.2) is 0 Å². The van der Waals surface area contributed by atoms with Crippen LogP contribution in [0.25, 0.3) is 0 Å². The molecule has 2 unspecified atom stereocenters. The van der Waals surface area contributed by atoms with Gasteiger partial charge in [-0.05, 0) is 38.8 Å². The summed E-state index contributed by atoms with van der Waals surface area (Å²) in [7, 11) is 0. The highest BCUT2D eigenvalue weighted by Crippen LogP contribution is 2.25. The first kappa shape index (κ1) is 9.30. The van der Waals surface area contributed by atoms with Crippen molar-refractivity contribution in [2.75, 3.05) is 13.1 Å². The van der Waals surface area contributed by atoms with E-state index in [-0.39, 0.29) is 12.4 Å². The molecule has 2 atom stereocenters. The lowest BCUT2D eigenvalue weighted by Gasteiger charge is -2.32. The van der Waals surface area contributed by atoms with Gasteiger partial charge in [-0.1, -0.05) is 0 Å². The number of piperidine rings is 1. The molecule has 2 N–H and O–H groups in total. The van der Waals surface area contributed by atoms with Gasteiger partial charge in [0.1, 0.15) is 0 Å². The van der Waals surface area contributed by atoms with Gasteiger partial charge in [-0.15, -0.1) is 12.4 Å². The van der Waals surface area contributed by atoms with Crippen molar-refractivity contribution in [3.8, 4) is 0 Å². The van der Waals surface area contributed by atoms with Crippen molar-refractivity contribution < 1.29 is 0 Å². The topological polar surface area (TPSA) is 29.3 Å². The minimum Gasteiger partial charge on any atom is -0.328 e. The van der Waals surface area contributed by atoms with E-state index in [9.17, 15) is 0 Å². The predicted octanol–water partition coefficient (Wildman–Crippen LogP) is 0.994. The van der Waals surface area contributed by atoms with E-state index < -0.39 is 0 Å². The molecule has 11 heavy (non-hydrogen) atoms. The number of hydrogen-bond acceptors (Lipinski definition) is 2. The number of hydrogen-bond donors (Lipinski definition) is 1. The summed E-state index contributed by atoms with van der Waals surface area (Å²) in [5, 5.41) is 0. The molecule has 0 aromatic rings. The summed E-state index contributed by atoms with van der Waals surface area (Å²) < 4.78 is 0. The molecule has 2 fully saturated rings. The molecule has 2 aliphatic rings. The lowest BCUT2D eigenvalue weighted by molar-refractivity contribution is 0.182. The third kappa shape index (κ3) is 1.86. The van der Waals surface area contributed by atoms with Gasteiger partial charge in [-0.25, -0.2) is 0 Å². The largest absolute Gasteiger partial charge is 0.328 e. The van der Waals surface area contributed by atoms with Crippen LogP contribution < -0.4 is 5.73 Å². The highest BCUT2D eigenvalue weighted by molar-refractivity contribution is 5.85. The van der Waals surface area contributed by atoms with Crippen molar-refractivity contribution >= 4 is 12.4 Å². The van der Waals surface area contributed by atoms with Crippen molar-refractivity contribution in [1.82, 2.24) is 4.90 Å². The highest BCUT2D eigenvalue weighted by Gasteiger charge is 2.29. The van der Waals surface area contributed by atoms with E-state index in [1.54, 1.807) is 0 Å². The van der Waals surface area contributed by atoms with Gasteiger partial charge in [0.2, 0.25) is 0 Å². The van der Waals surface area contributed by atoms with Crippen LogP contribution in [0.3, 0.4) is 0 Å². The molecule has 0 amide bonds. The van der Waals surface area contributed by atoms with Crippen LogP contribution in [0.1, 0.15) is 25.7 Å². The lowest BCUT2D eigenvalue weighted by Crippen LogP contribution is -2.43. The Morgan fingerprint density at radius 2 is 2.00 bits per heavy atom. The molecular weight excluding hydrogens is 160 g/mol. The summed E-state index contributed by atoms with van der Waals surface area (Å²) in [5.41, 5.74) is 5.86. The Bertz CT molecular complexity index is 129. The molecule has 0 spiro atoms. The predicted molar refractivity (Wildman–Crippen MR) is 49.1 cm³/mol. The fourth-order valence-electron chi connectivity index (χ4n) is 2.26. The van der Waals surface area contributed by atoms with Crippen molar-refractivity contribution in [3.63, 3.8) is 0 Å². The first-order chi connectivity index (χ1) is 4.86. The fraction of sp³-hybridized carbons (Fsp3) is 1.00. The lowest BCUT2D eigenvalue weighted by atomic mass is 9.99. The smallest absolute Gasteiger partial charge is 0.0110 e. The average Bonchev–Trinajstić information content (AvgIpc) is 2.33. The molecule has 2 rings (SSSR count). The maximum absolute atomic E-state index is 5.86. The van der Waals surface area contributed by atoms with Gasteiger partial charge >= 0.3 is 0 Å². The third-order valence-electron chi connectivity index (χ3n) is 2.86. The molecule has 0 aromatic carbocycles. The maximum atomic E-state index is 5.86. The van der Waals surface area contributed by atoms with Crippen LogP contribution in [0.4, 0.5) is 0 Å². The number of nitrogens with zero attached hydrogens (tertiary/aromatic N) is 1. The minimum atomic E-state index is 0. The van der Waals surface area contributed by atoms with Crippen molar-refractivity contribution in [2.45, 2.75) is 37.8 Å². The number of nitrogens with two attached hydrogens (primary N) is 1. The van der Waals surface area contributed by atoms with Crippen LogP contribution >= 0.6 is 12.4 Å². The molecule has 2 saturated heterocycles. The second-order valence-electron chi connectivity index (χ2n) is 3.62. The zero-order chi connectivity index (χ0) is 6.97. The summed E-state index contributed by atoms with van der Waals surface area (Å²) in [5.74, 6) is 0. The van der Waals surface area contributed by atoms with Gasteiger partial charge in [0.05, 0.1) is 0 Å². The van der Waals surface area contributed by atoms with Crippen LogP contribution in [0.5, 0.6) is 0 Å². The van der Waals surface area contributed by atoms with Gasteiger partial charge in [0, 0.05) is 12.1 Å². The molecule has 0 saturated carbocycles. The summed E-state index contributed by atoms with van der Waals surface area (Å²) in [6.45, 7) is 2.59. The summed E-state index contributed by atoms with van der Waals surface area (Å²) in [6.07, 6.45) is 5.27. The van der Waals surface area contributed by atoms with Crippen LogP contribution in [-0.4, -0.2) is 30.1 Å². The summed E-state index contributed by atoms with van der Waals surface area (Å²) in [6, 6.07) is 1.35. The third-order valence-corrected chi connectivity index (χ3v) is 2.86. The molecule has 0 aromatic heterocycles. The molecule has 0 radical (unpaired) electrons. The zero-order valence-corrected chi connectivity index (χ0v) is 7.65. The monoisotopic (exact) mass is 176 g/mol. The Hall–Kier alpha value is 0.210. The molecule has 0 bridgehead atoms. The van der Waals surface area contributed by atoms with E-state index in [4.69, 9.17) is 5.73 Å². The van der Waals surface area contributed by atoms with Crippen molar-refractivity contribution in [1.29, 1.82) is 0 Å². The quantitative estimate of drug-likeness (QED) is 0.597. The first-order valence-corrected chi connectivity index (χ1v) is 4.36. The number of fused-ring (bicyclic) bond motifs is 1. The molecule has 2 aliphatic heterocycles. The van der Waals surface area contributed by atoms with Crippen LogP contribution in [0, 0.1) is 0 Å². The minimum absolute atomic E-state index is 0. The first-order valence-electron chi connectivity index (χ1n) is 4.36. The molecule has 2 nitrogen and oxygen atoms in total. The molecule has 0 aliphatic carbocycles. The van der Waals surface area contributed by atoms with E-state index in [1.165, 1.54) is 38.8 Å². The van der Waals surface area contributed by atoms with E-state index >= 15 is 0 Å². The maximum Gasteiger partial charge on any atom is 0.0110 e. The highest BCUT2D eigenvalue weighted by atomic mass is 35.5. The molecule has 66 valence electrons. The van der Waals surface area contributed by atoms with Gasteiger partial charge in [0.15, 0.2) is 0 Å². The standard InChI is InChI=1S/C8H16N2.ClH/c9-7-3-5-10-4-1-2-8(10)6-7;/h7-8H,1-6,9H2;1H. The van der Waals surface area contributed by atoms with E-state index in [0.29, 0.717) is 6.04 Å². The van der Waals surface area contributed by atoms with Crippen molar-refractivity contribution in [3.05, 3.63) is 0 Å². The van der Waals surface area contributed by atoms with Crippen molar-refractivity contribution in [2.24, 2.45) is 5.73 Å². The van der Waals surface area contributed by atoms with E-state index in [0.717, 1.165) is 6.04 Å². The summed E-state index contributed by atoms with van der Waals surface area (Å²) >= 11 is 0. The van der Waals surface area contributed by atoms with Gasteiger partial charge in [-0.2, -0.15) is 0 Å². The molecule has 3 heteroatoms. The Labute approximate surface area is 74.5 Å². The Kier molecular flexibility index (Phi) is 3.16. The van der Waals surface area contributed by atoms with E-state index in [1.807, 2.05) is 0 Å². The zero-order valence-electron chi connectivity index (χ0n) is 6.83. The van der Waals surface area contributed by atoms with Crippen LogP contribution in [-0.2, 0) is 0 Å². The second kappa shape index (κ2) is 3.74. The van der Waals surface area contributed by atoms with Crippen LogP contribution in [0.2, 0.25) is 0 Å². The number of rotatable bonds is 0. The Morgan fingerprint density at radius 3 is 2.82 bits per heavy atom. The summed E-state index contributed by atoms with van der Waals surface area (Å²) in [4.78, 5) is 2.60. The van der Waals surface area contributed by atoms with Gasteiger partial charge in [-0.3, -0.25) is 0 Å². The number of halogens is 1. The second-order valence-corrected chi connectivity index (χ2v) is 3.62. The SMILES string of the molecule is Cl.NC1CCN2CCCC2C1. The normalized spacial score (nSPS) is 37.9. The Balaban J connectivity index is 0.000000605. The van der Waals surface area contributed by atoms with E-state index in [2.05, 4.69) is 4.90 Å². The average molecular weight is 177 g/mol. The fourth-order valence-corrected chi connectivity index (χ4v) is 2.26.